The van der Waals surface area contributed by atoms with Gasteiger partial charge in [-0.3, -0.25) is 9.59 Å². The fraction of sp³-hybridized carbons (Fsp3) is 0.231. The molecule has 0 radical (unpaired) electrons. The van der Waals surface area contributed by atoms with Gasteiger partial charge < -0.3 is 15.4 Å². The number of hydrogen-bond donors (Lipinski definition) is 2. The van der Waals surface area contributed by atoms with Crippen molar-refractivity contribution in [2.24, 2.45) is 0 Å². The summed E-state index contributed by atoms with van der Waals surface area (Å²) in [7, 11) is 0. The Morgan fingerprint density at radius 1 is 1.44 bits per heavy atom. The molecular formula is C13H14N2O3. The van der Waals surface area contributed by atoms with Crippen molar-refractivity contribution in [3.8, 4) is 5.75 Å². The van der Waals surface area contributed by atoms with Gasteiger partial charge in [0.15, 0.2) is 6.61 Å². The van der Waals surface area contributed by atoms with E-state index in [0.29, 0.717) is 17.1 Å². The molecular weight excluding hydrogens is 232 g/mol. The first-order chi connectivity index (χ1) is 8.54. The molecule has 0 spiro atoms. The van der Waals surface area contributed by atoms with Crippen molar-refractivity contribution in [2.45, 2.75) is 13.8 Å². The summed E-state index contributed by atoms with van der Waals surface area (Å²) in [5.41, 5.74) is 2.17. The Hall–Kier alpha value is -2.30. The number of nitrogens with one attached hydrogen (secondary N) is 2. The lowest BCUT2D eigenvalue weighted by Crippen LogP contribution is -2.25. The maximum absolute atomic E-state index is 11.5. The van der Waals surface area contributed by atoms with E-state index in [2.05, 4.69) is 10.6 Å². The Morgan fingerprint density at radius 3 is 2.94 bits per heavy atom. The Kier molecular flexibility index (Phi) is 3.32. The van der Waals surface area contributed by atoms with E-state index in [0.717, 1.165) is 5.57 Å². The Labute approximate surface area is 105 Å². The maximum atomic E-state index is 11.5. The van der Waals surface area contributed by atoms with Crippen molar-refractivity contribution in [2.75, 3.05) is 17.2 Å². The molecule has 1 aliphatic heterocycles. The van der Waals surface area contributed by atoms with Gasteiger partial charge in [0, 0.05) is 17.8 Å². The normalized spacial score (nSPS) is 12.9. The molecule has 1 aromatic rings. The lowest BCUT2D eigenvalue weighted by molar-refractivity contribution is -0.118. The highest BCUT2D eigenvalue weighted by Crippen LogP contribution is 2.30. The van der Waals surface area contributed by atoms with Crippen LogP contribution < -0.4 is 15.4 Å². The molecule has 0 unspecified atom stereocenters. The van der Waals surface area contributed by atoms with Crippen LogP contribution in [0.1, 0.15) is 13.8 Å². The predicted octanol–water partition coefficient (Wildman–Crippen LogP) is 1.92. The minimum Gasteiger partial charge on any atom is -0.482 e. The zero-order valence-corrected chi connectivity index (χ0v) is 10.2. The van der Waals surface area contributed by atoms with E-state index in [9.17, 15) is 9.59 Å². The molecule has 0 bridgehead atoms. The first-order valence-corrected chi connectivity index (χ1v) is 5.57. The summed E-state index contributed by atoms with van der Waals surface area (Å²) in [6.07, 6.45) is 1.52. The summed E-state index contributed by atoms with van der Waals surface area (Å²) < 4.78 is 5.26. The van der Waals surface area contributed by atoms with Gasteiger partial charge in [0.1, 0.15) is 5.75 Å². The minimum atomic E-state index is -0.185. The van der Waals surface area contributed by atoms with E-state index >= 15 is 0 Å². The second-order valence-electron chi connectivity index (χ2n) is 4.26. The third-order valence-electron chi connectivity index (χ3n) is 2.30. The summed E-state index contributed by atoms with van der Waals surface area (Å²) in [5, 5.41) is 5.41. The summed E-state index contributed by atoms with van der Waals surface area (Å²) in [4.78, 5) is 22.6. The molecule has 2 amide bonds. The number of carbonyl (C=O) groups excluding carboxylic acids is 2. The third-order valence-corrected chi connectivity index (χ3v) is 2.30. The van der Waals surface area contributed by atoms with Crippen LogP contribution in [-0.2, 0) is 9.59 Å². The average Bonchev–Trinajstić information content (AvgIpc) is 2.28. The Morgan fingerprint density at radius 2 is 2.22 bits per heavy atom. The van der Waals surface area contributed by atoms with E-state index in [1.165, 1.54) is 6.08 Å². The molecule has 2 N–H and O–H groups in total. The molecule has 2 rings (SSSR count). The van der Waals surface area contributed by atoms with Crippen LogP contribution in [0.25, 0.3) is 0 Å². The van der Waals surface area contributed by atoms with Crippen LogP contribution in [-0.4, -0.2) is 18.4 Å². The molecule has 0 atom stereocenters. The smallest absolute Gasteiger partial charge is 0.262 e. The number of allylic oxidation sites excluding steroid dienone is 1. The van der Waals surface area contributed by atoms with Crippen LogP contribution in [0.2, 0.25) is 0 Å². The van der Waals surface area contributed by atoms with Gasteiger partial charge in [-0.25, -0.2) is 0 Å². The third kappa shape index (κ3) is 2.88. The molecule has 0 aliphatic carbocycles. The minimum absolute atomic E-state index is 0.00162. The van der Waals surface area contributed by atoms with E-state index in [-0.39, 0.29) is 18.4 Å². The monoisotopic (exact) mass is 246 g/mol. The highest BCUT2D eigenvalue weighted by molar-refractivity contribution is 6.01. The highest BCUT2D eigenvalue weighted by atomic mass is 16.5. The van der Waals surface area contributed by atoms with E-state index in [1.54, 1.807) is 18.2 Å². The molecule has 1 aliphatic rings. The van der Waals surface area contributed by atoms with Gasteiger partial charge in [0.2, 0.25) is 5.91 Å². The van der Waals surface area contributed by atoms with Crippen molar-refractivity contribution in [1.82, 2.24) is 0 Å². The van der Waals surface area contributed by atoms with Crippen LogP contribution in [0.15, 0.2) is 29.8 Å². The molecule has 0 saturated carbocycles. The number of benzene rings is 1. The van der Waals surface area contributed by atoms with Gasteiger partial charge in [0.05, 0.1) is 5.69 Å². The standard InChI is InChI=1S/C13H14N2O3/c1-8(2)5-12(16)14-9-3-4-10-11(6-9)18-7-13(17)15-10/h3-6H,7H2,1-2H3,(H,14,16)(H,15,17). The van der Waals surface area contributed by atoms with Gasteiger partial charge in [-0.2, -0.15) is 0 Å². The first kappa shape index (κ1) is 12.2. The predicted molar refractivity (Wildman–Crippen MR) is 68.6 cm³/mol. The number of ether oxygens (including phenoxy) is 1. The second-order valence-corrected chi connectivity index (χ2v) is 4.26. The summed E-state index contributed by atoms with van der Waals surface area (Å²) >= 11 is 0. The summed E-state index contributed by atoms with van der Waals surface area (Å²) in [5.74, 6) is 0.197. The van der Waals surface area contributed by atoms with Gasteiger partial charge in [-0.05, 0) is 26.0 Å². The van der Waals surface area contributed by atoms with Crippen molar-refractivity contribution in [3.63, 3.8) is 0 Å². The van der Waals surface area contributed by atoms with Crippen LogP contribution in [0.5, 0.6) is 5.75 Å². The fourth-order valence-electron chi connectivity index (χ4n) is 1.59. The molecule has 0 fully saturated rings. The Balaban J connectivity index is 2.14. The second kappa shape index (κ2) is 4.91. The molecule has 0 saturated heterocycles. The molecule has 94 valence electrons. The lowest BCUT2D eigenvalue weighted by atomic mass is 10.2. The first-order valence-electron chi connectivity index (χ1n) is 5.57. The number of fused-ring (bicyclic) bond motifs is 1. The number of anilines is 2. The van der Waals surface area contributed by atoms with E-state index < -0.39 is 0 Å². The zero-order chi connectivity index (χ0) is 13.1. The topological polar surface area (TPSA) is 67.4 Å². The van der Waals surface area contributed by atoms with E-state index in [4.69, 9.17) is 4.74 Å². The molecule has 5 nitrogen and oxygen atoms in total. The van der Waals surface area contributed by atoms with Crippen molar-refractivity contribution in [1.29, 1.82) is 0 Å². The van der Waals surface area contributed by atoms with Crippen molar-refractivity contribution >= 4 is 23.2 Å². The van der Waals surface area contributed by atoms with E-state index in [1.807, 2.05) is 13.8 Å². The molecule has 1 aromatic carbocycles. The van der Waals surface area contributed by atoms with Crippen molar-refractivity contribution < 1.29 is 14.3 Å². The largest absolute Gasteiger partial charge is 0.482 e. The van der Waals surface area contributed by atoms with Crippen LogP contribution in [0.4, 0.5) is 11.4 Å². The van der Waals surface area contributed by atoms with Crippen molar-refractivity contribution in [3.05, 3.63) is 29.8 Å². The molecule has 1 heterocycles. The van der Waals surface area contributed by atoms with Crippen LogP contribution in [0.3, 0.4) is 0 Å². The summed E-state index contributed by atoms with van der Waals surface area (Å²) in [6.45, 7) is 3.70. The molecule has 18 heavy (non-hydrogen) atoms. The highest BCUT2D eigenvalue weighted by Gasteiger charge is 2.16. The fourth-order valence-corrected chi connectivity index (χ4v) is 1.59. The van der Waals surface area contributed by atoms with Gasteiger partial charge in [0.25, 0.3) is 5.91 Å². The average molecular weight is 246 g/mol. The molecule has 5 heteroatoms. The maximum Gasteiger partial charge on any atom is 0.262 e. The number of hydrogen-bond acceptors (Lipinski definition) is 3. The molecule has 0 aromatic heterocycles. The zero-order valence-electron chi connectivity index (χ0n) is 10.2. The van der Waals surface area contributed by atoms with Crippen LogP contribution in [0, 0.1) is 0 Å². The lowest BCUT2D eigenvalue weighted by Gasteiger charge is -2.18. The van der Waals surface area contributed by atoms with Crippen LogP contribution >= 0.6 is 0 Å². The SMILES string of the molecule is CC(C)=CC(=O)Nc1ccc2c(c1)OCC(=O)N2. The van der Waals surface area contributed by atoms with Gasteiger partial charge in [-0.1, -0.05) is 5.57 Å². The number of carbonyl (C=O) groups is 2. The quantitative estimate of drug-likeness (QED) is 0.783. The van der Waals surface area contributed by atoms with Gasteiger partial charge in [-0.15, -0.1) is 0 Å². The Bertz CT molecular complexity index is 531. The van der Waals surface area contributed by atoms with Gasteiger partial charge >= 0.3 is 0 Å². The number of amides is 2. The summed E-state index contributed by atoms with van der Waals surface area (Å²) in [6, 6.07) is 5.10. The number of rotatable bonds is 2.